The van der Waals surface area contributed by atoms with E-state index in [1.54, 1.807) is 0 Å². The molecular weight excluding hydrogens is 232 g/mol. The second-order valence-electron chi connectivity index (χ2n) is 6.22. The lowest BCUT2D eigenvalue weighted by Crippen LogP contribution is -2.48. The monoisotopic (exact) mass is 256 g/mol. The molecule has 0 bridgehead atoms. The van der Waals surface area contributed by atoms with Crippen molar-refractivity contribution in [2.45, 2.75) is 38.8 Å². The average Bonchev–Trinajstić information content (AvgIpc) is 2.58. The Labute approximate surface area is 109 Å². The summed E-state index contributed by atoms with van der Waals surface area (Å²) in [4.78, 5) is 14.0. The highest BCUT2D eigenvalue weighted by Gasteiger charge is 2.32. The minimum atomic E-state index is -0.422. The quantitative estimate of drug-likeness (QED) is 0.825. The van der Waals surface area contributed by atoms with Crippen LogP contribution in [0.5, 0.6) is 0 Å². The van der Waals surface area contributed by atoms with Crippen LogP contribution in [-0.2, 0) is 9.47 Å². The minimum Gasteiger partial charge on any atom is -0.444 e. The van der Waals surface area contributed by atoms with Gasteiger partial charge >= 0.3 is 6.09 Å². The number of carbonyl (C=O) groups is 1. The average molecular weight is 256 g/mol. The fourth-order valence-electron chi connectivity index (χ4n) is 2.34. The van der Waals surface area contributed by atoms with Crippen molar-refractivity contribution in [2.75, 3.05) is 32.8 Å². The van der Waals surface area contributed by atoms with Gasteiger partial charge in [-0.1, -0.05) is 0 Å². The number of alkyl carbamates (subject to hydrolysis) is 1. The van der Waals surface area contributed by atoms with Gasteiger partial charge in [0.1, 0.15) is 5.60 Å². The molecule has 0 aromatic rings. The van der Waals surface area contributed by atoms with Crippen LogP contribution in [-0.4, -0.2) is 55.5 Å². The van der Waals surface area contributed by atoms with Crippen LogP contribution in [0.2, 0.25) is 0 Å². The molecule has 1 atom stereocenters. The zero-order chi connectivity index (χ0) is 13.2. The van der Waals surface area contributed by atoms with Crippen molar-refractivity contribution in [3.63, 3.8) is 0 Å². The minimum absolute atomic E-state index is 0.312. The number of ether oxygens (including phenoxy) is 2. The third-order valence-electron chi connectivity index (χ3n) is 3.39. The molecule has 0 spiro atoms. The Morgan fingerprint density at radius 1 is 1.44 bits per heavy atom. The molecule has 0 radical (unpaired) electrons. The van der Waals surface area contributed by atoms with E-state index in [1.807, 2.05) is 20.8 Å². The van der Waals surface area contributed by atoms with E-state index in [9.17, 15) is 4.79 Å². The molecule has 1 unspecified atom stereocenters. The second-order valence-corrected chi connectivity index (χ2v) is 6.22. The number of nitrogens with one attached hydrogen (secondary N) is 1. The summed E-state index contributed by atoms with van der Waals surface area (Å²) in [6, 6.07) is 0.608. The van der Waals surface area contributed by atoms with Crippen LogP contribution in [0.15, 0.2) is 0 Å². The predicted molar refractivity (Wildman–Crippen MR) is 68.5 cm³/mol. The van der Waals surface area contributed by atoms with Gasteiger partial charge in [0, 0.05) is 13.1 Å². The lowest BCUT2D eigenvalue weighted by atomic mass is 10.1. The largest absolute Gasteiger partial charge is 0.444 e. The lowest BCUT2D eigenvalue weighted by Gasteiger charge is -2.34. The molecule has 5 nitrogen and oxygen atoms in total. The molecule has 5 heteroatoms. The fourth-order valence-corrected chi connectivity index (χ4v) is 2.34. The van der Waals surface area contributed by atoms with Crippen molar-refractivity contribution >= 4 is 6.09 Å². The van der Waals surface area contributed by atoms with Gasteiger partial charge in [0.05, 0.1) is 19.3 Å². The Bertz CT molecular complexity index is 297. The highest BCUT2D eigenvalue weighted by molar-refractivity contribution is 5.67. The Kier molecular flexibility index (Phi) is 4.12. The molecule has 0 aliphatic carbocycles. The maximum atomic E-state index is 11.5. The summed E-state index contributed by atoms with van der Waals surface area (Å²) in [6.45, 7) is 10.2. The third kappa shape index (κ3) is 3.85. The summed E-state index contributed by atoms with van der Waals surface area (Å²) in [5, 5.41) is 2.86. The first-order valence-corrected chi connectivity index (χ1v) is 6.73. The Morgan fingerprint density at radius 2 is 2.17 bits per heavy atom. The summed E-state index contributed by atoms with van der Waals surface area (Å²) in [5.74, 6) is 0.540. The summed E-state index contributed by atoms with van der Waals surface area (Å²) in [6.07, 6.45) is 0.833. The van der Waals surface area contributed by atoms with Crippen molar-refractivity contribution in [3.8, 4) is 0 Å². The van der Waals surface area contributed by atoms with Gasteiger partial charge < -0.3 is 14.8 Å². The first kappa shape index (κ1) is 13.6. The Balaban J connectivity index is 1.64. The first-order valence-electron chi connectivity index (χ1n) is 6.73. The summed E-state index contributed by atoms with van der Waals surface area (Å²) in [5.41, 5.74) is -0.422. The molecule has 104 valence electrons. The molecule has 2 rings (SSSR count). The molecule has 0 saturated carbocycles. The van der Waals surface area contributed by atoms with Crippen molar-refractivity contribution in [2.24, 2.45) is 5.92 Å². The number of rotatable bonds is 3. The van der Waals surface area contributed by atoms with Crippen LogP contribution in [0.4, 0.5) is 4.79 Å². The van der Waals surface area contributed by atoms with Gasteiger partial charge in [0.2, 0.25) is 0 Å². The smallest absolute Gasteiger partial charge is 0.407 e. The van der Waals surface area contributed by atoms with Crippen molar-refractivity contribution in [1.82, 2.24) is 10.2 Å². The number of nitrogens with zero attached hydrogens (tertiary/aromatic N) is 1. The number of carbonyl (C=O) groups excluding carboxylic acids is 1. The summed E-state index contributed by atoms with van der Waals surface area (Å²) in [7, 11) is 0. The van der Waals surface area contributed by atoms with Gasteiger partial charge in [-0.25, -0.2) is 4.79 Å². The van der Waals surface area contributed by atoms with Crippen molar-refractivity contribution in [1.29, 1.82) is 0 Å². The predicted octanol–water partition coefficient (Wildman–Crippen LogP) is 1.23. The van der Waals surface area contributed by atoms with Gasteiger partial charge in [-0.2, -0.15) is 0 Å². The Morgan fingerprint density at radius 3 is 2.72 bits per heavy atom. The molecule has 18 heavy (non-hydrogen) atoms. The number of likely N-dealkylation sites (tertiary alicyclic amines) is 1. The van der Waals surface area contributed by atoms with E-state index >= 15 is 0 Å². The number of amides is 1. The van der Waals surface area contributed by atoms with Crippen LogP contribution in [0.3, 0.4) is 0 Å². The van der Waals surface area contributed by atoms with Gasteiger partial charge in [0.15, 0.2) is 0 Å². The lowest BCUT2D eigenvalue weighted by molar-refractivity contribution is -0.0580. The summed E-state index contributed by atoms with van der Waals surface area (Å²) >= 11 is 0. The molecule has 2 aliphatic rings. The molecule has 0 aromatic heterocycles. The van der Waals surface area contributed by atoms with E-state index in [2.05, 4.69) is 10.2 Å². The Hall–Kier alpha value is -0.810. The molecular formula is C13H24N2O3. The normalized spacial score (nSPS) is 25.8. The van der Waals surface area contributed by atoms with Gasteiger partial charge in [0.25, 0.3) is 0 Å². The van der Waals surface area contributed by atoms with Crippen LogP contribution >= 0.6 is 0 Å². The van der Waals surface area contributed by atoms with E-state index in [-0.39, 0.29) is 6.09 Å². The van der Waals surface area contributed by atoms with Gasteiger partial charge in [-0.3, -0.25) is 4.90 Å². The number of hydrogen-bond donors (Lipinski definition) is 1. The maximum Gasteiger partial charge on any atom is 0.407 e. The van der Waals surface area contributed by atoms with Gasteiger partial charge in [-0.15, -0.1) is 0 Å². The molecule has 2 saturated heterocycles. The standard InChI is InChI=1S/C13H24N2O3/c1-13(2,3)18-12(16)14-6-10-4-5-15(7-10)11-8-17-9-11/h10-11H,4-9H2,1-3H3,(H,14,16). The van der Waals surface area contributed by atoms with E-state index < -0.39 is 5.60 Å². The molecule has 1 N–H and O–H groups in total. The fraction of sp³-hybridized carbons (Fsp3) is 0.923. The van der Waals surface area contributed by atoms with Crippen molar-refractivity contribution in [3.05, 3.63) is 0 Å². The molecule has 2 aliphatic heterocycles. The van der Waals surface area contributed by atoms with E-state index in [4.69, 9.17) is 9.47 Å². The maximum absolute atomic E-state index is 11.5. The van der Waals surface area contributed by atoms with Crippen LogP contribution < -0.4 is 5.32 Å². The van der Waals surface area contributed by atoms with Crippen LogP contribution in [0.1, 0.15) is 27.2 Å². The SMILES string of the molecule is CC(C)(C)OC(=O)NCC1CCN(C2COC2)C1. The van der Waals surface area contributed by atoms with E-state index in [1.165, 1.54) is 0 Å². The zero-order valence-corrected chi connectivity index (χ0v) is 11.6. The topological polar surface area (TPSA) is 50.8 Å². The van der Waals surface area contributed by atoms with E-state index in [0.29, 0.717) is 18.5 Å². The van der Waals surface area contributed by atoms with E-state index in [0.717, 1.165) is 32.7 Å². The zero-order valence-electron chi connectivity index (χ0n) is 11.6. The molecule has 2 fully saturated rings. The highest BCUT2D eigenvalue weighted by Crippen LogP contribution is 2.21. The number of hydrogen-bond acceptors (Lipinski definition) is 4. The molecule has 0 aromatic carbocycles. The highest BCUT2D eigenvalue weighted by atomic mass is 16.6. The summed E-state index contributed by atoms with van der Waals surface area (Å²) < 4.78 is 10.4. The third-order valence-corrected chi connectivity index (χ3v) is 3.39. The van der Waals surface area contributed by atoms with Crippen LogP contribution in [0.25, 0.3) is 0 Å². The van der Waals surface area contributed by atoms with Crippen LogP contribution in [0, 0.1) is 5.92 Å². The first-order chi connectivity index (χ1) is 8.44. The second kappa shape index (κ2) is 5.45. The van der Waals surface area contributed by atoms with Crippen molar-refractivity contribution < 1.29 is 14.3 Å². The molecule has 2 heterocycles. The molecule has 1 amide bonds. The van der Waals surface area contributed by atoms with Gasteiger partial charge in [-0.05, 0) is 39.7 Å².